The van der Waals surface area contributed by atoms with E-state index in [4.69, 9.17) is 16.2 Å². The van der Waals surface area contributed by atoms with Gasteiger partial charge in [0.1, 0.15) is 22.0 Å². The molecule has 0 saturated carbocycles. The van der Waals surface area contributed by atoms with Crippen molar-refractivity contribution in [3.8, 4) is 0 Å². The number of carbonyl (C=O) groups excluding carboxylic acids is 4. The number of thioether (sulfide) groups is 2. The first-order valence-corrected chi connectivity index (χ1v) is 14.0. The molecule has 6 N–H and O–H groups in total. The van der Waals surface area contributed by atoms with Crippen LogP contribution in [0.25, 0.3) is 0 Å². The van der Waals surface area contributed by atoms with Gasteiger partial charge in [-0.2, -0.15) is 0 Å². The molecule has 2 atom stereocenters. The maximum absolute atomic E-state index is 12.8. The van der Waals surface area contributed by atoms with Gasteiger partial charge in [-0.25, -0.2) is 14.8 Å². The Labute approximate surface area is 253 Å². The Bertz CT molecular complexity index is 1340. The van der Waals surface area contributed by atoms with Gasteiger partial charge in [0.05, 0.1) is 24.5 Å². The summed E-state index contributed by atoms with van der Waals surface area (Å²) in [5.41, 5.74) is 11.0. The zero-order valence-electron chi connectivity index (χ0n) is 19.8. The molecule has 4 rings (SSSR count). The number of nitrogens with one attached hydrogen (secondary N) is 1. The summed E-state index contributed by atoms with van der Waals surface area (Å²) in [6.45, 7) is 0. The van der Waals surface area contributed by atoms with Gasteiger partial charge < -0.3 is 36.6 Å². The largest absolute Gasteiger partial charge is 1.00 e. The number of carbonyl (C=O) groups is 4. The van der Waals surface area contributed by atoms with Gasteiger partial charge >= 0.3 is 35.5 Å². The number of aromatic nitrogens is 2. The number of β-lactam (4-membered cyclic amide) rings is 1. The third-order valence-electron chi connectivity index (χ3n) is 5.19. The Morgan fingerprint density at radius 2 is 2.08 bits per heavy atom. The number of carboxylic acids is 1. The van der Waals surface area contributed by atoms with Crippen LogP contribution in [-0.2, 0) is 25.5 Å². The Morgan fingerprint density at radius 3 is 2.68 bits per heavy atom. The Balaban J connectivity index is 0.00000400. The van der Waals surface area contributed by atoms with Crippen LogP contribution in [0.4, 0.5) is 10.3 Å². The van der Waals surface area contributed by atoms with Crippen LogP contribution in [0.1, 0.15) is 21.1 Å². The average molecular weight is 608 g/mol. The molecule has 196 valence electrons. The number of amides is 2. The van der Waals surface area contributed by atoms with Gasteiger partial charge in [-0.3, -0.25) is 14.5 Å². The molecule has 1 fully saturated rings. The monoisotopic (exact) mass is 607 g/mol. The van der Waals surface area contributed by atoms with E-state index < -0.39 is 40.9 Å². The van der Waals surface area contributed by atoms with Crippen LogP contribution in [0.5, 0.6) is 0 Å². The molecule has 14 nitrogen and oxygen atoms in total. The van der Waals surface area contributed by atoms with E-state index >= 15 is 0 Å². The minimum absolute atomic E-state index is 0. The first-order chi connectivity index (χ1) is 17.7. The molecule has 1 saturated heterocycles. The van der Waals surface area contributed by atoms with Gasteiger partial charge in [0, 0.05) is 28.2 Å². The second kappa shape index (κ2) is 12.7. The summed E-state index contributed by atoms with van der Waals surface area (Å²) in [4.78, 5) is 59.1. The van der Waals surface area contributed by atoms with Crippen molar-refractivity contribution in [3.63, 3.8) is 0 Å². The zero-order chi connectivity index (χ0) is 26.9. The van der Waals surface area contributed by atoms with E-state index in [1.807, 2.05) is 0 Å². The van der Waals surface area contributed by atoms with Gasteiger partial charge in [0.25, 0.3) is 11.8 Å². The minimum atomic E-state index is -1.53. The number of aryl methyl sites for hydroxylation is 1. The number of carboxylic acid groups (broad SMARTS) is 1. The molecule has 2 aromatic rings. The number of oxime groups is 1. The van der Waals surface area contributed by atoms with E-state index in [1.54, 1.807) is 0 Å². The summed E-state index contributed by atoms with van der Waals surface area (Å²) in [7, 11) is 1.25. The second-order valence-corrected chi connectivity index (χ2v) is 11.6. The summed E-state index contributed by atoms with van der Waals surface area (Å²) in [6, 6.07) is -1.05. The van der Waals surface area contributed by atoms with E-state index in [2.05, 4.69) is 20.4 Å². The Kier molecular flexibility index (Phi) is 10.1. The Hall–Kier alpha value is -2.35. The van der Waals surface area contributed by atoms with Crippen molar-refractivity contribution in [2.45, 2.75) is 17.8 Å². The number of nitrogens with two attached hydrogens (primary N) is 2. The van der Waals surface area contributed by atoms with Gasteiger partial charge in [-0.15, -0.1) is 34.9 Å². The van der Waals surface area contributed by atoms with E-state index in [1.165, 1.54) is 36.0 Å². The number of hydrogen-bond acceptors (Lipinski definition) is 16. The number of rotatable bonds is 9. The summed E-state index contributed by atoms with van der Waals surface area (Å²) in [5.74, 6) is -3.03. The maximum atomic E-state index is 12.8. The van der Waals surface area contributed by atoms with E-state index in [0.717, 1.165) is 27.6 Å². The Morgan fingerprint density at radius 1 is 1.34 bits per heavy atom. The maximum Gasteiger partial charge on any atom is 1.00 e. The molecule has 0 spiro atoms. The van der Waals surface area contributed by atoms with Crippen LogP contribution in [0.2, 0.25) is 0 Å². The SMILES string of the molecule is COC(=O)c1sc(N)nc1CCSC1=C(C(=O)[O-])N2C(=O)[C@@H](NC(=O)/C(=N\O)c3csc(N)n3)[C@H]2SC1.[Na+]. The molecule has 2 amide bonds. The summed E-state index contributed by atoms with van der Waals surface area (Å²) < 4.78 is 4.73. The molecule has 19 heteroatoms. The number of nitrogens with zero attached hydrogens (tertiary/aromatic N) is 4. The third kappa shape index (κ3) is 5.95. The summed E-state index contributed by atoms with van der Waals surface area (Å²) >= 11 is 4.48. The molecule has 2 aliphatic heterocycles. The number of nitrogen functional groups attached to an aromatic ring is 2. The standard InChI is InChI=1S/C19H19N7O7S4.Na/c1-33-17(31)12-6(22-19(21)37-12)2-3-34-8-5-35-15-10(14(28)26(15)11(8)16(29)30)24-13(27)9(25-32)7-4-36-18(20)23-7;/h4,10,15,32H,2-3,5H2,1H3,(H2,20,23)(H2,21,22)(H,24,27)(H,29,30);/q;+1/p-1/b25-9-;/t10-,15-;/m1./s1. The molecule has 0 radical (unpaired) electrons. The number of methoxy groups -OCH3 is 1. The first-order valence-electron chi connectivity index (χ1n) is 10.3. The third-order valence-corrected chi connectivity index (χ3v) is 9.33. The number of hydrogen-bond donors (Lipinski definition) is 4. The number of thiazole rings is 2. The van der Waals surface area contributed by atoms with E-state index in [0.29, 0.717) is 22.8 Å². The fourth-order valence-electron chi connectivity index (χ4n) is 3.57. The summed E-state index contributed by atoms with van der Waals surface area (Å²) in [6.07, 6.45) is 0.303. The van der Waals surface area contributed by atoms with Gasteiger partial charge in [-0.05, 0) is 0 Å². The molecule has 2 aromatic heterocycles. The van der Waals surface area contributed by atoms with Crippen molar-refractivity contribution in [3.05, 3.63) is 32.2 Å². The minimum Gasteiger partial charge on any atom is -0.543 e. The number of esters is 1. The van der Waals surface area contributed by atoms with Crippen molar-refractivity contribution < 1.29 is 63.8 Å². The number of ether oxygens (including phenoxy) is 1. The predicted molar refractivity (Wildman–Crippen MR) is 136 cm³/mol. The molecular weight excluding hydrogens is 590 g/mol. The van der Waals surface area contributed by atoms with Crippen molar-refractivity contribution >= 4 is 85.9 Å². The van der Waals surface area contributed by atoms with Gasteiger partial charge in [0.15, 0.2) is 16.0 Å². The smallest absolute Gasteiger partial charge is 0.543 e. The fourth-order valence-corrected chi connectivity index (χ4v) is 7.51. The average Bonchev–Trinajstić information content (AvgIpc) is 3.46. The number of aliphatic carboxylic acids is 1. The molecule has 0 aromatic carbocycles. The topological polar surface area (TPSA) is 226 Å². The van der Waals surface area contributed by atoms with Gasteiger partial charge in [0.2, 0.25) is 0 Å². The van der Waals surface area contributed by atoms with Crippen LogP contribution in [0.3, 0.4) is 0 Å². The second-order valence-electron chi connectivity index (χ2n) is 7.36. The molecule has 2 aliphatic rings. The zero-order valence-corrected chi connectivity index (χ0v) is 25.1. The van der Waals surface area contributed by atoms with Crippen LogP contribution in [0.15, 0.2) is 21.1 Å². The van der Waals surface area contributed by atoms with E-state index in [-0.39, 0.29) is 61.8 Å². The van der Waals surface area contributed by atoms with Gasteiger partial charge in [-0.1, -0.05) is 16.5 Å². The molecular formula is C19H18N7NaO7S4. The molecule has 0 bridgehead atoms. The van der Waals surface area contributed by atoms with Crippen LogP contribution in [-0.4, -0.2) is 79.6 Å². The van der Waals surface area contributed by atoms with Crippen LogP contribution < -0.4 is 51.4 Å². The first kappa shape index (κ1) is 30.2. The number of fused-ring (bicyclic) bond motifs is 1. The van der Waals surface area contributed by atoms with Crippen molar-refractivity contribution in [2.75, 3.05) is 30.1 Å². The molecule has 4 heterocycles. The summed E-state index contributed by atoms with van der Waals surface area (Å²) in [5, 5.41) is 27.7. The van der Waals surface area contributed by atoms with Crippen LogP contribution >= 0.6 is 46.2 Å². The van der Waals surface area contributed by atoms with Crippen molar-refractivity contribution in [2.24, 2.45) is 5.16 Å². The molecule has 38 heavy (non-hydrogen) atoms. The van der Waals surface area contributed by atoms with E-state index in [9.17, 15) is 29.5 Å². The van der Waals surface area contributed by atoms with Crippen LogP contribution in [0, 0.1) is 0 Å². The number of anilines is 2. The fraction of sp³-hybridized carbons (Fsp3) is 0.316. The molecule has 0 aliphatic carbocycles. The normalized spacial score (nSPS) is 18.8. The predicted octanol–water partition coefficient (Wildman–Crippen LogP) is -3.93. The molecule has 0 unspecified atom stereocenters. The quantitative estimate of drug-likeness (QED) is 0.0534. The van der Waals surface area contributed by atoms with Crippen molar-refractivity contribution in [1.82, 2.24) is 20.2 Å². The van der Waals surface area contributed by atoms with Crippen molar-refractivity contribution in [1.29, 1.82) is 0 Å².